The number of carbonyl (C=O) groups excluding carboxylic acids is 1. The summed E-state index contributed by atoms with van der Waals surface area (Å²) in [4.78, 5) is 13.2. The third kappa shape index (κ3) is 3.06. The predicted molar refractivity (Wildman–Crippen MR) is 116 cm³/mol. The Labute approximate surface area is 175 Å². The van der Waals surface area contributed by atoms with Gasteiger partial charge >= 0.3 is 0 Å². The van der Waals surface area contributed by atoms with E-state index in [4.69, 9.17) is 5.73 Å². The first-order valence-corrected chi connectivity index (χ1v) is 10.1. The number of carbonyl (C=O) groups is 1. The van der Waals surface area contributed by atoms with E-state index in [-0.39, 0.29) is 6.54 Å². The summed E-state index contributed by atoms with van der Waals surface area (Å²) in [6.07, 6.45) is 0. The number of primary amides is 1. The highest BCUT2D eigenvalue weighted by Crippen LogP contribution is 2.35. The summed E-state index contributed by atoms with van der Waals surface area (Å²) in [7, 11) is 0. The third-order valence-electron chi connectivity index (χ3n) is 5.13. The quantitative estimate of drug-likeness (QED) is 0.398. The Morgan fingerprint density at radius 2 is 1.83 bits per heavy atom. The van der Waals surface area contributed by atoms with Crippen molar-refractivity contribution in [3.8, 4) is 10.4 Å². The number of thiophene rings is 1. The molecule has 0 bridgehead atoms. The van der Waals surface area contributed by atoms with Crippen molar-refractivity contribution in [2.24, 2.45) is 5.73 Å². The van der Waals surface area contributed by atoms with Crippen LogP contribution < -0.4 is 5.73 Å². The Morgan fingerprint density at radius 3 is 2.53 bits per heavy atom. The van der Waals surface area contributed by atoms with Gasteiger partial charge in [0.1, 0.15) is 11.6 Å². The second kappa shape index (κ2) is 7.07. The number of nitrogens with two attached hydrogens (primary N) is 1. The van der Waals surface area contributed by atoms with Gasteiger partial charge in [-0.15, -0.1) is 11.3 Å². The minimum atomic E-state index is -0.630. The molecule has 2 N–H and O–H groups in total. The Morgan fingerprint density at radius 1 is 1.03 bits per heavy atom. The van der Waals surface area contributed by atoms with Gasteiger partial charge in [0.25, 0.3) is 0 Å². The van der Waals surface area contributed by atoms with Crippen molar-refractivity contribution >= 4 is 39.0 Å². The predicted octanol–water partition coefficient (Wildman–Crippen LogP) is 5.75. The van der Waals surface area contributed by atoms with Crippen molar-refractivity contribution in [2.75, 3.05) is 0 Å². The van der Waals surface area contributed by atoms with Crippen LogP contribution in [0.15, 0.2) is 66.0 Å². The van der Waals surface area contributed by atoms with Gasteiger partial charge in [0.15, 0.2) is 0 Å². The van der Waals surface area contributed by atoms with Crippen molar-refractivity contribution in [3.05, 3.63) is 94.9 Å². The molecule has 3 nitrogen and oxygen atoms in total. The standard InChI is InChI=1S/C24H15F2N2OS/c25-16-9-14(10-17(26)12-16)13-28-20-4-1-3-19(24(27)29)23(20)18-7-6-15(11-21(18)28)22-5-2-8-30-22/h1-6,8-12H,13H2,(H2,27,29). The monoisotopic (exact) mass is 417 g/mol. The van der Waals surface area contributed by atoms with E-state index in [2.05, 4.69) is 6.07 Å². The molecule has 3 aromatic carbocycles. The van der Waals surface area contributed by atoms with Gasteiger partial charge < -0.3 is 10.3 Å². The molecule has 0 saturated heterocycles. The Balaban J connectivity index is 1.82. The third-order valence-corrected chi connectivity index (χ3v) is 6.05. The molecule has 2 aromatic heterocycles. The normalized spacial score (nSPS) is 11.4. The maximum absolute atomic E-state index is 13.8. The highest BCUT2D eigenvalue weighted by Gasteiger charge is 2.18. The fourth-order valence-corrected chi connectivity index (χ4v) is 4.62. The zero-order valence-electron chi connectivity index (χ0n) is 15.7. The zero-order chi connectivity index (χ0) is 20.8. The van der Waals surface area contributed by atoms with Crippen LogP contribution in [0.5, 0.6) is 0 Å². The topological polar surface area (TPSA) is 48.0 Å². The second-order valence-electron chi connectivity index (χ2n) is 7.05. The molecule has 1 amide bonds. The zero-order valence-corrected chi connectivity index (χ0v) is 16.5. The molecule has 30 heavy (non-hydrogen) atoms. The lowest BCUT2D eigenvalue weighted by molar-refractivity contribution is 0.100. The molecule has 0 aliphatic carbocycles. The molecule has 0 spiro atoms. The molecule has 0 aliphatic heterocycles. The number of hydrogen-bond acceptors (Lipinski definition) is 2. The summed E-state index contributed by atoms with van der Waals surface area (Å²) in [5.74, 6) is -1.80. The van der Waals surface area contributed by atoms with Crippen molar-refractivity contribution in [3.63, 3.8) is 0 Å². The Bertz CT molecular complexity index is 1400. The van der Waals surface area contributed by atoms with E-state index in [1.54, 1.807) is 23.5 Å². The van der Waals surface area contributed by atoms with Crippen LogP contribution in [0.3, 0.4) is 0 Å². The van der Waals surface area contributed by atoms with Crippen LogP contribution >= 0.6 is 11.3 Å². The van der Waals surface area contributed by atoms with Gasteiger partial charge in [0, 0.05) is 33.8 Å². The lowest BCUT2D eigenvalue weighted by atomic mass is 10.0. The van der Waals surface area contributed by atoms with Crippen LogP contribution in [0.1, 0.15) is 15.9 Å². The van der Waals surface area contributed by atoms with Crippen LogP contribution in [-0.4, -0.2) is 10.5 Å². The smallest absolute Gasteiger partial charge is 0.249 e. The SMILES string of the molecule is NC(=O)c1cccc2c1c1[c]cc(-c3cccs3)cc1n2Cc1cc(F)cc(F)c1. The minimum Gasteiger partial charge on any atom is -0.366 e. The van der Waals surface area contributed by atoms with Gasteiger partial charge in [-0.05, 0) is 65.0 Å². The van der Waals surface area contributed by atoms with Gasteiger partial charge in [0.2, 0.25) is 5.91 Å². The lowest BCUT2D eigenvalue weighted by Gasteiger charge is -2.09. The maximum Gasteiger partial charge on any atom is 0.249 e. The summed E-state index contributed by atoms with van der Waals surface area (Å²) < 4.78 is 29.5. The molecule has 6 heteroatoms. The highest BCUT2D eigenvalue weighted by atomic mass is 32.1. The first kappa shape index (κ1) is 18.5. The number of rotatable bonds is 4. The van der Waals surface area contributed by atoms with Gasteiger partial charge in [-0.25, -0.2) is 8.78 Å². The minimum absolute atomic E-state index is 0.235. The molecule has 0 fully saturated rings. The molecular formula is C24H15F2N2OS. The van der Waals surface area contributed by atoms with Crippen molar-refractivity contribution in [1.82, 2.24) is 4.57 Å². The number of nitrogens with zero attached hydrogens (tertiary/aromatic N) is 1. The molecule has 2 heterocycles. The summed E-state index contributed by atoms with van der Waals surface area (Å²) >= 11 is 1.61. The average Bonchev–Trinajstić information content (AvgIpc) is 3.34. The molecule has 0 atom stereocenters. The van der Waals surface area contributed by atoms with E-state index in [1.807, 2.05) is 40.3 Å². The van der Waals surface area contributed by atoms with Crippen LogP contribution in [0.4, 0.5) is 8.78 Å². The van der Waals surface area contributed by atoms with Crippen LogP contribution in [0.25, 0.3) is 32.2 Å². The summed E-state index contributed by atoms with van der Waals surface area (Å²) in [5, 5.41) is 3.43. The number of amides is 1. The first-order chi connectivity index (χ1) is 14.5. The van der Waals surface area contributed by atoms with Crippen LogP contribution in [0.2, 0.25) is 0 Å². The van der Waals surface area contributed by atoms with Gasteiger partial charge in [-0.3, -0.25) is 4.79 Å². The van der Waals surface area contributed by atoms with E-state index in [0.717, 1.165) is 32.9 Å². The van der Waals surface area contributed by atoms with Crippen molar-refractivity contribution in [2.45, 2.75) is 6.54 Å². The fraction of sp³-hybridized carbons (Fsp3) is 0.0417. The average molecular weight is 417 g/mol. The number of fused-ring (bicyclic) bond motifs is 3. The van der Waals surface area contributed by atoms with Gasteiger partial charge in [-0.2, -0.15) is 0 Å². The lowest BCUT2D eigenvalue weighted by Crippen LogP contribution is -2.11. The maximum atomic E-state index is 13.8. The van der Waals surface area contributed by atoms with Crippen LogP contribution in [0, 0.1) is 17.7 Å². The van der Waals surface area contributed by atoms with E-state index in [0.29, 0.717) is 16.5 Å². The molecular weight excluding hydrogens is 402 g/mol. The van der Waals surface area contributed by atoms with E-state index < -0.39 is 17.5 Å². The number of halogens is 2. The summed E-state index contributed by atoms with van der Waals surface area (Å²) in [5.41, 5.74) is 9.04. The molecule has 0 saturated carbocycles. The molecule has 5 rings (SSSR count). The molecule has 0 unspecified atom stereocenters. The van der Waals surface area contributed by atoms with Gasteiger partial charge in [-0.1, -0.05) is 12.1 Å². The fourth-order valence-electron chi connectivity index (χ4n) is 3.90. The molecule has 0 aliphatic rings. The Kier molecular flexibility index (Phi) is 4.37. The van der Waals surface area contributed by atoms with Crippen molar-refractivity contribution < 1.29 is 13.6 Å². The van der Waals surface area contributed by atoms with Crippen molar-refractivity contribution in [1.29, 1.82) is 0 Å². The molecule has 1 radical (unpaired) electrons. The first-order valence-electron chi connectivity index (χ1n) is 9.26. The molecule has 147 valence electrons. The van der Waals surface area contributed by atoms with Crippen LogP contribution in [-0.2, 0) is 6.54 Å². The Hall–Kier alpha value is -3.51. The number of benzene rings is 3. The highest BCUT2D eigenvalue weighted by molar-refractivity contribution is 7.13. The summed E-state index contributed by atoms with van der Waals surface area (Å²) in [6, 6.07) is 20.0. The van der Waals surface area contributed by atoms with E-state index in [1.165, 1.54) is 12.1 Å². The largest absolute Gasteiger partial charge is 0.366 e. The van der Waals surface area contributed by atoms with E-state index >= 15 is 0 Å². The van der Waals surface area contributed by atoms with Gasteiger partial charge in [0.05, 0.1) is 11.0 Å². The number of aromatic nitrogens is 1. The number of hydrogen-bond donors (Lipinski definition) is 1. The summed E-state index contributed by atoms with van der Waals surface area (Å²) in [6.45, 7) is 0.235. The second-order valence-corrected chi connectivity index (χ2v) is 8.00. The molecule has 5 aromatic rings. The van der Waals surface area contributed by atoms with E-state index in [9.17, 15) is 13.6 Å².